The number of aryl methyl sites for hydroxylation is 2. The number of benzene rings is 1. The zero-order valence-electron chi connectivity index (χ0n) is 8.51. The van der Waals surface area contributed by atoms with Gasteiger partial charge in [0.1, 0.15) is 0 Å². The standard InChI is InChI=1S/C12H18O/c1-3-5-12-7-6-10(9-13)8-11(12)4-2/h6-8,13H,3-5,9H2,1-2H3. The minimum Gasteiger partial charge on any atom is -0.392 e. The highest BCUT2D eigenvalue weighted by molar-refractivity contribution is 5.32. The molecule has 0 fully saturated rings. The van der Waals surface area contributed by atoms with Crippen LogP contribution in [0, 0.1) is 0 Å². The Labute approximate surface area is 80.4 Å². The molecule has 0 unspecified atom stereocenters. The second-order valence-electron chi connectivity index (χ2n) is 3.36. The largest absolute Gasteiger partial charge is 0.392 e. The second-order valence-corrected chi connectivity index (χ2v) is 3.36. The summed E-state index contributed by atoms with van der Waals surface area (Å²) in [6, 6.07) is 6.28. The molecule has 0 atom stereocenters. The molecule has 0 bridgehead atoms. The van der Waals surface area contributed by atoms with Gasteiger partial charge in [-0.3, -0.25) is 0 Å². The minimum absolute atomic E-state index is 0.152. The first-order chi connectivity index (χ1) is 6.31. The minimum atomic E-state index is 0.152. The molecule has 1 nitrogen and oxygen atoms in total. The molecule has 72 valence electrons. The average molecular weight is 178 g/mol. The molecular weight excluding hydrogens is 160 g/mol. The van der Waals surface area contributed by atoms with E-state index >= 15 is 0 Å². The van der Waals surface area contributed by atoms with Crippen molar-refractivity contribution in [3.05, 3.63) is 34.9 Å². The van der Waals surface area contributed by atoms with Crippen molar-refractivity contribution in [3.8, 4) is 0 Å². The van der Waals surface area contributed by atoms with Crippen LogP contribution in [0.3, 0.4) is 0 Å². The van der Waals surface area contributed by atoms with Gasteiger partial charge in [-0.25, -0.2) is 0 Å². The normalized spacial score (nSPS) is 10.4. The fourth-order valence-corrected chi connectivity index (χ4v) is 1.62. The number of aliphatic hydroxyl groups is 1. The molecule has 1 rings (SSSR count). The number of aliphatic hydroxyl groups excluding tert-OH is 1. The molecule has 1 heteroatoms. The highest BCUT2D eigenvalue weighted by Crippen LogP contribution is 2.14. The lowest BCUT2D eigenvalue weighted by Gasteiger charge is -2.08. The fraction of sp³-hybridized carbons (Fsp3) is 0.500. The summed E-state index contributed by atoms with van der Waals surface area (Å²) in [5.74, 6) is 0. The zero-order valence-corrected chi connectivity index (χ0v) is 8.51. The third-order valence-corrected chi connectivity index (χ3v) is 2.35. The van der Waals surface area contributed by atoms with Crippen LogP contribution in [0.5, 0.6) is 0 Å². The van der Waals surface area contributed by atoms with Gasteiger partial charge < -0.3 is 5.11 Å². The van der Waals surface area contributed by atoms with Crippen molar-refractivity contribution in [3.63, 3.8) is 0 Å². The molecule has 0 aromatic heterocycles. The van der Waals surface area contributed by atoms with Gasteiger partial charge in [0.25, 0.3) is 0 Å². The quantitative estimate of drug-likeness (QED) is 0.751. The van der Waals surface area contributed by atoms with Crippen LogP contribution < -0.4 is 0 Å². The molecule has 0 aliphatic rings. The van der Waals surface area contributed by atoms with Gasteiger partial charge in [-0.1, -0.05) is 38.5 Å². The van der Waals surface area contributed by atoms with E-state index in [-0.39, 0.29) is 6.61 Å². The van der Waals surface area contributed by atoms with E-state index < -0.39 is 0 Å². The van der Waals surface area contributed by atoms with Crippen LogP contribution >= 0.6 is 0 Å². The van der Waals surface area contributed by atoms with Gasteiger partial charge in [0.15, 0.2) is 0 Å². The zero-order chi connectivity index (χ0) is 9.68. The summed E-state index contributed by atoms with van der Waals surface area (Å²) >= 11 is 0. The Morgan fingerprint density at radius 1 is 1.15 bits per heavy atom. The van der Waals surface area contributed by atoms with Crippen molar-refractivity contribution in [2.45, 2.75) is 39.7 Å². The average Bonchev–Trinajstić information content (AvgIpc) is 2.19. The van der Waals surface area contributed by atoms with Crippen LogP contribution in [0.15, 0.2) is 18.2 Å². The first kappa shape index (κ1) is 10.3. The van der Waals surface area contributed by atoms with Crippen molar-refractivity contribution in [1.29, 1.82) is 0 Å². The third-order valence-electron chi connectivity index (χ3n) is 2.35. The highest BCUT2D eigenvalue weighted by atomic mass is 16.3. The molecule has 0 saturated heterocycles. The van der Waals surface area contributed by atoms with E-state index in [0.29, 0.717) is 0 Å². The third kappa shape index (κ3) is 2.56. The van der Waals surface area contributed by atoms with Crippen molar-refractivity contribution in [2.75, 3.05) is 0 Å². The maximum absolute atomic E-state index is 8.98. The highest BCUT2D eigenvalue weighted by Gasteiger charge is 2.00. The van der Waals surface area contributed by atoms with Gasteiger partial charge in [-0.2, -0.15) is 0 Å². The molecule has 0 spiro atoms. The van der Waals surface area contributed by atoms with E-state index in [1.165, 1.54) is 17.5 Å². The van der Waals surface area contributed by atoms with Crippen LogP contribution in [0.4, 0.5) is 0 Å². The number of rotatable bonds is 4. The summed E-state index contributed by atoms with van der Waals surface area (Å²) in [5.41, 5.74) is 3.84. The van der Waals surface area contributed by atoms with E-state index in [1.807, 2.05) is 6.07 Å². The van der Waals surface area contributed by atoms with Crippen LogP contribution in [0.25, 0.3) is 0 Å². The predicted octanol–water partition coefficient (Wildman–Crippen LogP) is 2.69. The van der Waals surface area contributed by atoms with Gasteiger partial charge in [-0.15, -0.1) is 0 Å². The lowest BCUT2D eigenvalue weighted by molar-refractivity contribution is 0.281. The molecule has 0 aliphatic carbocycles. The first-order valence-electron chi connectivity index (χ1n) is 5.03. The van der Waals surface area contributed by atoms with Crippen LogP contribution in [0.1, 0.15) is 37.0 Å². The summed E-state index contributed by atoms with van der Waals surface area (Å²) in [6.45, 7) is 4.51. The van der Waals surface area contributed by atoms with Gasteiger partial charge in [0.2, 0.25) is 0 Å². The number of hydrogen-bond donors (Lipinski definition) is 1. The predicted molar refractivity (Wildman–Crippen MR) is 55.7 cm³/mol. The van der Waals surface area contributed by atoms with Crippen molar-refractivity contribution in [1.82, 2.24) is 0 Å². The molecular formula is C12H18O. The van der Waals surface area contributed by atoms with Gasteiger partial charge in [-0.05, 0) is 29.5 Å². The van der Waals surface area contributed by atoms with Gasteiger partial charge in [0, 0.05) is 0 Å². The van der Waals surface area contributed by atoms with E-state index in [0.717, 1.165) is 18.4 Å². The molecule has 0 radical (unpaired) electrons. The Morgan fingerprint density at radius 2 is 1.92 bits per heavy atom. The summed E-state index contributed by atoms with van der Waals surface area (Å²) in [7, 11) is 0. The van der Waals surface area contributed by atoms with E-state index in [2.05, 4.69) is 26.0 Å². The maximum atomic E-state index is 8.98. The molecule has 0 aliphatic heterocycles. The lowest BCUT2D eigenvalue weighted by atomic mass is 9.99. The lowest BCUT2D eigenvalue weighted by Crippen LogP contribution is -1.94. The topological polar surface area (TPSA) is 20.2 Å². The Balaban J connectivity index is 2.93. The van der Waals surface area contributed by atoms with Crippen molar-refractivity contribution < 1.29 is 5.11 Å². The summed E-state index contributed by atoms with van der Waals surface area (Å²) < 4.78 is 0. The fourth-order valence-electron chi connectivity index (χ4n) is 1.62. The smallest absolute Gasteiger partial charge is 0.0681 e. The molecule has 1 N–H and O–H groups in total. The Morgan fingerprint density at radius 3 is 2.46 bits per heavy atom. The Hall–Kier alpha value is -0.820. The molecule has 0 amide bonds. The van der Waals surface area contributed by atoms with Crippen LogP contribution in [-0.2, 0) is 19.4 Å². The van der Waals surface area contributed by atoms with E-state index in [9.17, 15) is 0 Å². The first-order valence-corrected chi connectivity index (χ1v) is 5.03. The summed E-state index contributed by atoms with van der Waals surface area (Å²) in [6.07, 6.45) is 3.39. The van der Waals surface area contributed by atoms with Crippen LogP contribution in [-0.4, -0.2) is 5.11 Å². The van der Waals surface area contributed by atoms with E-state index in [4.69, 9.17) is 5.11 Å². The Bertz CT molecular complexity index is 266. The van der Waals surface area contributed by atoms with Gasteiger partial charge in [0.05, 0.1) is 6.61 Å². The Kier molecular flexibility index (Phi) is 3.97. The number of hydrogen-bond acceptors (Lipinski definition) is 1. The summed E-state index contributed by atoms with van der Waals surface area (Å²) in [4.78, 5) is 0. The summed E-state index contributed by atoms with van der Waals surface area (Å²) in [5, 5.41) is 8.98. The van der Waals surface area contributed by atoms with E-state index in [1.54, 1.807) is 0 Å². The maximum Gasteiger partial charge on any atom is 0.0681 e. The molecule has 1 aromatic carbocycles. The molecule has 13 heavy (non-hydrogen) atoms. The SMILES string of the molecule is CCCc1ccc(CO)cc1CC. The van der Waals surface area contributed by atoms with Crippen molar-refractivity contribution >= 4 is 0 Å². The molecule has 0 saturated carbocycles. The van der Waals surface area contributed by atoms with Gasteiger partial charge >= 0.3 is 0 Å². The van der Waals surface area contributed by atoms with Crippen molar-refractivity contribution in [2.24, 2.45) is 0 Å². The second kappa shape index (κ2) is 5.03. The monoisotopic (exact) mass is 178 g/mol. The molecule has 0 heterocycles. The molecule has 1 aromatic rings. The van der Waals surface area contributed by atoms with Crippen LogP contribution in [0.2, 0.25) is 0 Å².